The number of nitrogens with zero attached hydrogens (tertiary/aromatic N) is 5. The second kappa shape index (κ2) is 4.51. The first-order valence-corrected chi connectivity index (χ1v) is 5.90. The summed E-state index contributed by atoms with van der Waals surface area (Å²) in [7, 11) is 0. The SMILES string of the molecule is Nc1ncnc2c(N3CCOCC3)nc(Cl)nc12. The van der Waals surface area contributed by atoms with Gasteiger partial charge in [0, 0.05) is 13.1 Å². The summed E-state index contributed by atoms with van der Waals surface area (Å²) in [6.07, 6.45) is 1.40. The van der Waals surface area contributed by atoms with E-state index in [0.29, 0.717) is 35.9 Å². The van der Waals surface area contributed by atoms with Crippen LogP contribution in [0.3, 0.4) is 0 Å². The van der Waals surface area contributed by atoms with Gasteiger partial charge in [-0.2, -0.15) is 4.98 Å². The molecular formula is C10H11ClN6O. The van der Waals surface area contributed by atoms with Crippen LogP contribution in [0.15, 0.2) is 6.33 Å². The van der Waals surface area contributed by atoms with Gasteiger partial charge in [0.25, 0.3) is 0 Å². The van der Waals surface area contributed by atoms with Gasteiger partial charge in [-0.1, -0.05) is 0 Å². The Bertz CT molecular complexity index is 586. The maximum atomic E-state index is 5.92. The van der Waals surface area contributed by atoms with Crippen LogP contribution in [0, 0.1) is 0 Å². The molecule has 3 rings (SSSR count). The molecule has 94 valence electrons. The minimum absolute atomic E-state index is 0.144. The zero-order valence-corrected chi connectivity index (χ0v) is 10.3. The predicted molar refractivity (Wildman–Crippen MR) is 67.6 cm³/mol. The van der Waals surface area contributed by atoms with Gasteiger partial charge in [0.1, 0.15) is 17.4 Å². The lowest BCUT2D eigenvalue weighted by atomic mass is 10.3. The molecule has 0 radical (unpaired) electrons. The predicted octanol–water partition coefficient (Wildman–Crippen LogP) is 0.492. The van der Waals surface area contributed by atoms with E-state index < -0.39 is 0 Å². The van der Waals surface area contributed by atoms with Crippen LogP contribution in [0.1, 0.15) is 0 Å². The number of nitrogen functional groups attached to an aromatic ring is 1. The molecule has 1 aliphatic heterocycles. The number of morpholine rings is 1. The Morgan fingerprint density at radius 2 is 1.94 bits per heavy atom. The number of fused-ring (bicyclic) bond motifs is 1. The molecule has 0 aliphatic carbocycles. The zero-order valence-electron chi connectivity index (χ0n) is 9.51. The van der Waals surface area contributed by atoms with Crippen LogP contribution in [0.5, 0.6) is 0 Å². The Morgan fingerprint density at radius 3 is 2.72 bits per heavy atom. The van der Waals surface area contributed by atoms with E-state index in [1.54, 1.807) is 0 Å². The van der Waals surface area contributed by atoms with Gasteiger partial charge in [0.05, 0.1) is 13.2 Å². The highest BCUT2D eigenvalue weighted by Crippen LogP contribution is 2.26. The van der Waals surface area contributed by atoms with Crippen LogP contribution in [-0.4, -0.2) is 46.2 Å². The fourth-order valence-corrected chi connectivity index (χ4v) is 2.08. The number of hydrogen-bond acceptors (Lipinski definition) is 7. The summed E-state index contributed by atoms with van der Waals surface area (Å²) >= 11 is 5.92. The smallest absolute Gasteiger partial charge is 0.225 e. The normalized spacial score (nSPS) is 16.2. The monoisotopic (exact) mass is 266 g/mol. The van der Waals surface area contributed by atoms with E-state index in [1.165, 1.54) is 6.33 Å². The number of halogens is 1. The maximum Gasteiger partial charge on any atom is 0.225 e. The fourth-order valence-electron chi connectivity index (χ4n) is 1.92. The first-order valence-electron chi connectivity index (χ1n) is 5.52. The first-order chi connectivity index (χ1) is 8.75. The summed E-state index contributed by atoms with van der Waals surface area (Å²) in [6.45, 7) is 2.80. The van der Waals surface area contributed by atoms with Gasteiger partial charge in [-0.3, -0.25) is 0 Å². The fraction of sp³-hybridized carbons (Fsp3) is 0.400. The summed E-state index contributed by atoms with van der Waals surface area (Å²) in [5.74, 6) is 0.987. The molecule has 0 atom stereocenters. The van der Waals surface area contributed by atoms with Crippen molar-refractivity contribution in [3.05, 3.63) is 11.6 Å². The van der Waals surface area contributed by atoms with Crippen molar-refractivity contribution in [2.45, 2.75) is 0 Å². The molecule has 0 spiro atoms. The Labute approximate surface area is 108 Å². The number of aromatic nitrogens is 4. The molecule has 7 nitrogen and oxygen atoms in total. The Kier molecular flexibility index (Phi) is 2.85. The number of ether oxygens (including phenoxy) is 1. The third-order valence-corrected chi connectivity index (χ3v) is 2.94. The number of rotatable bonds is 1. The van der Waals surface area contributed by atoms with Crippen LogP contribution in [0.2, 0.25) is 5.28 Å². The highest BCUT2D eigenvalue weighted by atomic mass is 35.5. The molecule has 0 bridgehead atoms. The van der Waals surface area contributed by atoms with Crippen molar-refractivity contribution in [3.63, 3.8) is 0 Å². The molecule has 1 fully saturated rings. The quantitative estimate of drug-likeness (QED) is 0.751. The van der Waals surface area contributed by atoms with E-state index in [-0.39, 0.29) is 5.28 Å². The highest BCUT2D eigenvalue weighted by molar-refractivity contribution is 6.28. The summed E-state index contributed by atoms with van der Waals surface area (Å²) in [6, 6.07) is 0. The van der Waals surface area contributed by atoms with Crippen molar-refractivity contribution in [2.75, 3.05) is 36.9 Å². The van der Waals surface area contributed by atoms with Crippen LogP contribution in [-0.2, 0) is 4.74 Å². The molecule has 0 aromatic carbocycles. The second-order valence-corrected chi connectivity index (χ2v) is 4.21. The lowest BCUT2D eigenvalue weighted by Crippen LogP contribution is -2.37. The topological polar surface area (TPSA) is 90.0 Å². The third-order valence-electron chi connectivity index (χ3n) is 2.78. The van der Waals surface area contributed by atoms with E-state index in [4.69, 9.17) is 22.1 Å². The van der Waals surface area contributed by atoms with E-state index in [9.17, 15) is 0 Å². The Hall–Kier alpha value is -1.73. The van der Waals surface area contributed by atoms with Crippen LogP contribution in [0.25, 0.3) is 11.0 Å². The van der Waals surface area contributed by atoms with Gasteiger partial charge >= 0.3 is 0 Å². The van der Waals surface area contributed by atoms with Gasteiger partial charge in [-0.15, -0.1) is 0 Å². The Balaban J connectivity index is 2.18. The molecule has 18 heavy (non-hydrogen) atoms. The summed E-state index contributed by atoms with van der Waals surface area (Å²) in [5, 5.41) is 0.144. The van der Waals surface area contributed by atoms with Gasteiger partial charge < -0.3 is 15.4 Å². The lowest BCUT2D eigenvalue weighted by Gasteiger charge is -2.28. The van der Waals surface area contributed by atoms with E-state index >= 15 is 0 Å². The van der Waals surface area contributed by atoms with Crippen molar-refractivity contribution in [1.82, 2.24) is 19.9 Å². The number of anilines is 2. The molecule has 2 N–H and O–H groups in total. The van der Waals surface area contributed by atoms with Crippen molar-refractivity contribution in [3.8, 4) is 0 Å². The molecule has 2 aromatic heterocycles. The molecule has 3 heterocycles. The summed E-state index contributed by atoms with van der Waals surface area (Å²) < 4.78 is 5.31. The first kappa shape index (κ1) is 11.4. The van der Waals surface area contributed by atoms with Gasteiger partial charge in [-0.05, 0) is 11.6 Å². The number of hydrogen-bond donors (Lipinski definition) is 1. The molecule has 0 unspecified atom stereocenters. The molecule has 8 heteroatoms. The minimum Gasteiger partial charge on any atom is -0.382 e. The van der Waals surface area contributed by atoms with Crippen LogP contribution >= 0.6 is 11.6 Å². The maximum absolute atomic E-state index is 5.92. The number of nitrogens with two attached hydrogens (primary N) is 1. The van der Waals surface area contributed by atoms with E-state index in [2.05, 4.69) is 24.8 Å². The average Bonchev–Trinajstić information content (AvgIpc) is 2.40. The summed E-state index contributed by atoms with van der Waals surface area (Å²) in [5.41, 5.74) is 6.88. The largest absolute Gasteiger partial charge is 0.382 e. The van der Waals surface area contributed by atoms with Gasteiger partial charge in [-0.25, -0.2) is 15.0 Å². The van der Waals surface area contributed by atoms with Crippen molar-refractivity contribution in [2.24, 2.45) is 0 Å². The molecule has 0 saturated carbocycles. The van der Waals surface area contributed by atoms with Gasteiger partial charge in [0.15, 0.2) is 11.6 Å². The zero-order chi connectivity index (χ0) is 12.5. The van der Waals surface area contributed by atoms with Gasteiger partial charge in [0.2, 0.25) is 5.28 Å². The van der Waals surface area contributed by atoms with Crippen LogP contribution in [0.4, 0.5) is 11.6 Å². The molecule has 0 amide bonds. The van der Waals surface area contributed by atoms with Crippen molar-refractivity contribution < 1.29 is 4.74 Å². The minimum atomic E-state index is 0.144. The lowest BCUT2D eigenvalue weighted by molar-refractivity contribution is 0.122. The molecule has 2 aromatic rings. The van der Waals surface area contributed by atoms with Crippen LogP contribution < -0.4 is 10.6 Å². The second-order valence-electron chi connectivity index (χ2n) is 3.87. The van der Waals surface area contributed by atoms with E-state index in [0.717, 1.165) is 13.1 Å². The Morgan fingerprint density at radius 1 is 1.17 bits per heavy atom. The molecular weight excluding hydrogens is 256 g/mol. The van der Waals surface area contributed by atoms with Crippen molar-refractivity contribution in [1.29, 1.82) is 0 Å². The summed E-state index contributed by atoms with van der Waals surface area (Å²) in [4.78, 5) is 18.5. The van der Waals surface area contributed by atoms with Crippen molar-refractivity contribution >= 4 is 34.3 Å². The van der Waals surface area contributed by atoms with E-state index in [1.807, 2.05) is 0 Å². The highest BCUT2D eigenvalue weighted by Gasteiger charge is 2.19. The molecule has 1 saturated heterocycles. The molecule has 1 aliphatic rings. The third kappa shape index (κ3) is 1.91. The average molecular weight is 267 g/mol. The standard InChI is InChI=1S/C10H11ClN6O/c11-10-15-6-7(13-5-14-8(6)12)9(16-10)17-1-3-18-4-2-17/h5H,1-4H2,(H2,12,13,14).